The van der Waals surface area contributed by atoms with Gasteiger partial charge in [-0.3, -0.25) is 15.4 Å². The number of Topliss-reactive ketones (excluding diaryl/α,β-unsaturated/α-hetero) is 1. The summed E-state index contributed by atoms with van der Waals surface area (Å²) in [5.74, 6) is -2.11. The Labute approximate surface area is 226 Å². The van der Waals surface area contributed by atoms with Gasteiger partial charge in [0.05, 0.1) is 37.8 Å². The molecule has 0 aliphatic carbocycles. The van der Waals surface area contributed by atoms with Gasteiger partial charge in [-0.15, -0.1) is 0 Å². The largest absolute Gasteiger partial charge is 0.494 e. The lowest BCUT2D eigenvalue weighted by molar-refractivity contribution is 0.0624. The van der Waals surface area contributed by atoms with E-state index in [-0.39, 0.29) is 34.0 Å². The van der Waals surface area contributed by atoms with E-state index >= 15 is 0 Å². The molecule has 216 valence electrons. The van der Waals surface area contributed by atoms with Crippen molar-refractivity contribution in [3.8, 4) is 11.5 Å². The van der Waals surface area contributed by atoms with Crippen molar-refractivity contribution >= 4 is 29.3 Å². The second-order valence-electron chi connectivity index (χ2n) is 10.1. The monoisotopic (exact) mass is 554 g/mol. The lowest BCUT2D eigenvalue weighted by Crippen LogP contribution is -2.27. The number of carbonyl (C=O) groups is 3. The Kier molecular flexibility index (Phi) is 11.7. The van der Waals surface area contributed by atoms with Crippen molar-refractivity contribution in [1.29, 1.82) is 0 Å². The number of benzene rings is 2. The first kappa shape index (κ1) is 33.1. The standard InChI is InChI=1S/C14H18FNO4.C13H18FNO4/c1-8(17)11-9(6-7-10(19-5)12(11)15)16-13(18)20-14(2,3)4;1-13(2,3)19-12(17)15-9-5-6-10(18-4)11(14)8(9)7-16/h6-7H,1-5H3,(H,16,18);5-6,16H,7H2,1-4H3,(H,15,17). The topological polar surface area (TPSA) is 132 Å². The molecule has 2 aromatic carbocycles. The molecule has 0 fully saturated rings. The van der Waals surface area contributed by atoms with Crippen LogP contribution >= 0.6 is 0 Å². The van der Waals surface area contributed by atoms with Crippen molar-refractivity contribution in [2.45, 2.75) is 66.3 Å². The average Bonchev–Trinajstić information content (AvgIpc) is 2.77. The van der Waals surface area contributed by atoms with Crippen LogP contribution in [0.3, 0.4) is 0 Å². The predicted octanol–water partition coefficient (Wildman–Crippen LogP) is 6.06. The van der Waals surface area contributed by atoms with E-state index in [2.05, 4.69) is 10.6 Å². The number of hydrogen-bond donors (Lipinski definition) is 3. The molecule has 0 radical (unpaired) electrons. The van der Waals surface area contributed by atoms with Gasteiger partial charge in [0.15, 0.2) is 28.9 Å². The van der Waals surface area contributed by atoms with Gasteiger partial charge in [0.2, 0.25) is 0 Å². The van der Waals surface area contributed by atoms with Crippen molar-refractivity contribution in [2.75, 3.05) is 24.9 Å². The highest BCUT2D eigenvalue weighted by molar-refractivity contribution is 6.03. The summed E-state index contributed by atoms with van der Waals surface area (Å²) in [6, 6.07) is 5.52. The lowest BCUT2D eigenvalue weighted by atomic mass is 10.1. The summed E-state index contributed by atoms with van der Waals surface area (Å²) in [5.41, 5.74) is -1.44. The van der Waals surface area contributed by atoms with E-state index in [1.807, 2.05) is 0 Å². The molecule has 2 amide bonds. The maximum absolute atomic E-state index is 14.0. The molecule has 0 saturated heterocycles. The van der Waals surface area contributed by atoms with Crippen molar-refractivity contribution < 1.29 is 47.2 Å². The summed E-state index contributed by atoms with van der Waals surface area (Å²) in [6.07, 6.45) is -1.48. The van der Waals surface area contributed by atoms with Gasteiger partial charge >= 0.3 is 12.2 Å². The molecule has 3 N–H and O–H groups in total. The van der Waals surface area contributed by atoms with E-state index in [4.69, 9.17) is 18.9 Å². The van der Waals surface area contributed by atoms with Crippen LogP contribution in [0.2, 0.25) is 0 Å². The third-order valence-corrected chi connectivity index (χ3v) is 4.54. The molecule has 0 bridgehead atoms. The summed E-state index contributed by atoms with van der Waals surface area (Å²) in [6.45, 7) is 10.9. The normalized spacial score (nSPS) is 11.0. The average molecular weight is 555 g/mol. The molecule has 0 heterocycles. The summed E-state index contributed by atoms with van der Waals surface area (Å²) in [4.78, 5) is 34.8. The third-order valence-electron chi connectivity index (χ3n) is 4.54. The highest BCUT2D eigenvalue weighted by atomic mass is 19.1. The summed E-state index contributed by atoms with van der Waals surface area (Å²) < 4.78 is 47.6. The summed E-state index contributed by atoms with van der Waals surface area (Å²) >= 11 is 0. The third kappa shape index (κ3) is 10.4. The quantitative estimate of drug-likeness (QED) is 0.367. The van der Waals surface area contributed by atoms with Crippen molar-refractivity contribution in [1.82, 2.24) is 0 Å². The van der Waals surface area contributed by atoms with Crippen LogP contribution in [0.5, 0.6) is 11.5 Å². The number of aliphatic hydroxyl groups excluding tert-OH is 1. The Morgan fingerprint density at radius 2 is 1.18 bits per heavy atom. The first-order valence-electron chi connectivity index (χ1n) is 11.8. The fraction of sp³-hybridized carbons (Fsp3) is 0.444. The van der Waals surface area contributed by atoms with Gasteiger partial charge in [0.25, 0.3) is 0 Å². The maximum Gasteiger partial charge on any atom is 0.412 e. The molecule has 0 unspecified atom stereocenters. The van der Waals surface area contributed by atoms with Crippen molar-refractivity contribution in [3.05, 3.63) is 47.0 Å². The van der Waals surface area contributed by atoms with Crippen LogP contribution in [0.15, 0.2) is 24.3 Å². The fourth-order valence-electron chi connectivity index (χ4n) is 3.02. The van der Waals surface area contributed by atoms with Gasteiger partial charge in [-0.2, -0.15) is 0 Å². The summed E-state index contributed by atoms with van der Waals surface area (Å²) in [5, 5.41) is 13.9. The van der Waals surface area contributed by atoms with Gasteiger partial charge < -0.3 is 24.1 Å². The van der Waals surface area contributed by atoms with Gasteiger partial charge in [0, 0.05) is 5.56 Å². The molecule has 0 aliphatic heterocycles. The van der Waals surface area contributed by atoms with E-state index < -0.39 is 47.4 Å². The minimum Gasteiger partial charge on any atom is -0.494 e. The van der Waals surface area contributed by atoms with E-state index in [0.29, 0.717) is 0 Å². The minimum absolute atomic E-state index is 0.00112. The van der Waals surface area contributed by atoms with Crippen LogP contribution in [-0.4, -0.2) is 48.5 Å². The van der Waals surface area contributed by atoms with Crippen LogP contribution in [-0.2, 0) is 16.1 Å². The zero-order valence-corrected chi connectivity index (χ0v) is 23.6. The van der Waals surface area contributed by atoms with Crippen molar-refractivity contribution in [3.63, 3.8) is 0 Å². The molecule has 0 spiro atoms. The Balaban J connectivity index is 0.000000391. The second-order valence-corrected chi connectivity index (χ2v) is 10.1. The highest BCUT2D eigenvalue weighted by Gasteiger charge is 2.22. The highest BCUT2D eigenvalue weighted by Crippen LogP contribution is 2.29. The molecule has 2 rings (SSSR count). The summed E-state index contributed by atoms with van der Waals surface area (Å²) in [7, 11) is 2.61. The van der Waals surface area contributed by atoms with E-state index in [9.17, 15) is 28.3 Å². The molecule has 2 aromatic rings. The molecule has 0 aromatic heterocycles. The van der Waals surface area contributed by atoms with E-state index in [1.54, 1.807) is 41.5 Å². The molecule has 0 aliphatic rings. The van der Waals surface area contributed by atoms with E-state index in [1.165, 1.54) is 45.4 Å². The smallest absolute Gasteiger partial charge is 0.412 e. The predicted molar refractivity (Wildman–Crippen MR) is 142 cm³/mol. The Hall–Kier alpha value is -3.93. The Morgan fingerprint density at radius 1 is 0.769 bits per heavy atom. The first-order valence-corrected chi connectivity index (χ1v) is 11.8. The number of carbonyl (C=O) groups excluding carboxylic acids is 3. The number of ether oxygens (including phenoxy) is 4. The zero-order valence-electron chi connectivity index (χ0n) is 23.6. The van der Waals surface area contributed by atoms with Gasteiger partial charge in [-0.05, 0) is 72.7 Å². The number of nitrogens with one attached hydrogen (secondary N) is 2. The van der Waals surface area contributed by atoms with Crippen LogP contribution in [0, 0.1) is 11.6 Å². The molecule has 10 nitrogen and oxygen atoms in total. The van der Waals surface area contributed by atoms with Gasteiger partial charge in [0.1, 0.15) is 11.2 Å². The Morgan fingerprint density at radius 3 is 1.56 bits per heavy atom. The van der Waals surface area contributed by atoms with Gasteiger partial charge in [-0.1, -0.05) is 0 Å². The zero-order chi connectivity index (χ0) is 30.1. The van der Waals surface area contributed by atoms with Crippen LogP contribution in [0.25, 0.3) is 0 Å². The number of ketones is 1. The van der Waals surface area contributed by atoms with Crippen LogP contribution in [0.1, 0.15) is 64.4 Å². The SMILES string of the molecule is COc1ccc(NC(=O)OC(C)(C)C)c(C(C)=O)c1F.COc1ccc(NC(=O)OC(C)(C)C)c(CO)c1F. The van der Waals surface area contributed by atoms with Crippen LogP contribution in [0.4, 0.5) is 29.7 Å². The molecule has 0 atom stereocenters. The number of methoxy groups -OCH3 is 2. The number of halogens is 2. The Bertz CT molecular complexity index is 1190. The molecular weight excluding hydrogens is 518 g/mol. The van der Waals surface area contributed by atoms with Gasteiger partial charge in [-0.25, -0.2) is 18.4 Å². The number of anilines is 2. The fourth-order valence-corrected chi connectivity index (χ4v) is 3.02. The lowest BCUT2D eigenvalue weighted by Gasteiger charge is -2.20. The molecule has 39 heavy (non-hydrogen) atoms. The van der Waals surface area contributed by atoms with Crippen LogP contribution < -0.4 is 20.1 Å². The number of rotatable bonds is 6. The number of aliphatic hydroxyl groups is 1. The molecular formula is C27H36F2N2O8. The van der Waals surface area contributed by atoms with E-state index in [0.717, 1.165) is 0 Å². The number of amides is 2. The molecule has 12 heteroatoms. The molecule has 0 saturated carbocycles. The minimum atomic E-state index is -0.812. The maximum atomic E-state index is 14.0. The first-order chi connectivity index (χ1) is 17.9. The number of hydrogen-bond acceptors (Lipinski definition) is 8. The second kappa shape index (κ2) is 13.7. The van der Waals surface area contributed by atoms with Crippen molar-refractivity contribution in [2.24, 2.45) is 0 Å².